The van der Waals surface area contributed by atoms with Crippen molar-refractivity contribution in [1.29, 1.82) is 0 Å². The number of methoxy groups -OCH3 is 1. The average molecular weight is 370 g/mol. The molecule has 0 aromatic heterocycles. The van der Waals surface area contributed by atoms with E-state index < -0.39 is 29.4 Å². The highest BCUT2D eigenvalue weighted by Crippen LogP contribution is 2.20. The number of ketones is 2. The summed E-state index contributed by atoms with van der Waals surface area (Å²) in [5.74, 6) is -3.93. The van der Waals surface area contributed by atoms with E-state index in [0.717, 1.165) is 11.1 Å². The Balaban J connectivity index is 0.000000271. The van der Waals surface area contributed by atoms with Gasteiger partial charge >= 0.3 is 11.9 Å². The number of carboxylic acid groups (broad SMARTS) is 1. The molecule has 1 N–H and O–H groups in total. The lowest BCUT2D eigenvalue weighted by molar-refractivity contribution is -0.151. The molecule has 2 rings (SSSR count). The fourth-order valence-electron chi connectivity index (χ4n) is 2.37. The molecule has 6 nitrogen and oxygen atoms in total. The van der Waals surface area contributed by atoms with Crippen LogP contribution in [0.25, 0.3) is 0 Å². The van der Waals surface area contributed by atoms with E-state index >= 15 is 0 Å². The maximum atomic E-state index is 11.3. The lowest BCUT2D eigenvalue weighted by Crippen LogP contribution is -2.21. The van der Waals surface area contributed by atoms with Crippen molar-refractivity contribution < 1.29 is 29.0 Å². The molecule has 142 valence electrons. The fraction of sp³-hybridized carbons (Fsp3) is 0.238. The van der Waals surface area contributed by atoms with Crippen molar-refractivity contribution in [3.8, 4) is 0 Å². The van der Waals surface area contributed by atoms with Gasteiger partial charge in [-0.05, 0) is 17.5 Å². The molecule has 0 fully saturated rings. The summed E-state index contributed by atoms with van der Waals surface area (Å²) in [6.45, 7) is 1.80. The molecule has 0 aliphatic carbocycles. The zero-order valence-electron chi connectivity index (χ0n) is 15.3. The van der Waals surface area contributed by atoms with Gasteiger partial charge in [-0.1, -0.05) is 67.6 Å². The van der Waals surface area contributed by atoms with Crippen molar-refractivity contribution in [2.75, 3.05) is 7.11 Å². The van der Waals surface area contributed by atoms with Gasteiger partial charge in [0.15, 0.2) is 0 Å². The number of ether oxygens (including phenoxy) is 1. The van der Waals surface area contributed by atoms with Gasteiger partial charge in [0.25, 0.3) is 0 Å². The van der Waals surface area contributed by atoms with Gasteiger partial charge < -0.3 is 9.84 Å². The van der Waals surface area contributed by atoms with Crippen molar-refractivity contribution in [3.63, 3.8) is 0 Å². The van der Waals surface area contributed by atoms with E-state index in [4.69, 9.17) is 5.11 Å². The summed E-state index contributed by atoms with van der Waals surface area (Å²) in [4.78, 5) is 43.6. The van der Waals surface area contributed by atoms with Gasteiger partial charge in [-0.25, -0.2) is 9.59 Å². The third kappa shape index (κ3) is 7.23. The summed E-state index contributed by atoms with van der Waals surface area (Å²) in [6, 6.07) is 18.1. The van der Waals surface area contributed by atoms with Gasteiger partial charge in [0, 0.05) is 6.42 Å². The Kier molecular flexibility index (Phi) is 9.15. The largest absolute Gasteiger partial charge is 0.475 e. The second-order valence-corrected chi connectivity index (χ2v) is 5.62. The molecule has 0 bridgehead atoms. The van der Waals surface area contributed by atoms with Crippen molar-refractivity contribution >= 4 is 23.5 Å². The summed E-state index contributed by atoms with van der Waals surface area (Å²) in [7, 11) is 1.20. The van der Waals surface area contributed by atoms with Crippen molar-refractivity contribution in [1.82, 2.24) is 0 Å². The Hall–Kier alpha value is -3.28. The number of hydrogen-bond acceptors (Lipinski definition) is 5. The van der Waals surface area contributed by atoms with Gasteiger partial charge in [-0.2, -0.15) is 0 Å². The molecule has 2 aromatic rings. The molecule has 6 heteroatoms. The number of carbonyl (C=O) groups excluding carboxylic acids is 3. The average Bonchev–Trinajstić information content (AvgIpc) is 2.69. The quantitative estimate of drug-likeness (QED) is 0.594. The minimum Gasteiger partial charge on any atom is -0.475 e. The Labute approximate surface area is 157 Å². The predicted octanol–water partition coefficient (Wildman–Crippen LogP) is 2.81. The third-order valence-electron chi connectivity index (χ3n) is 3.76. The zero-order chi connectivity index (χ0) is 20.2. The molecule has 0 spiro atoms. The first-order chi connectivity index (χ1) is 12.9. The van der Waals surface area contributed by atoms with Crippen LogP contribution in [0.15, 0.2) is 60.7 Å². The number of benzene rings is 2. The predicted molar refractivity (Wildman–Crippen MR) is 99.3 cm³/mol. The van der Waals surface area contributed by atoms with Gasteiger partial charge in [0.1, 0.15) is 0 Å². The van der Waals surface area contributed by atoms with Crippen LogP contribution in [0.2, 0.25) is 0 Å². The van der Waals surface area contributed by atoms with Crippen LogP contribution in [-0.4, -0.2) is 35.7 Å². The smallest absolute Gasteiger partial charge is 0.374 e. The van der Waals surface area contributed by atoms with E-state index in [2.05, 4.69) is 4.74 Å². The lowest BCUT2D eigenvalue weighted by atomic mass is 9.92. The topological polar surface area (TPSA) is 97.7 Å². The molecule has 1 atom stereocenters. The molecule has 0 amide bonds. The van der Waals surface area contributed by atoms with E-state index in [1.165, 1.54) is 7.11 Å². The monoisotopic (exact) mass is 370 g/mol. The normalized spacial score (nSPS) is 10.7. The van der Waals surface area contributed by atoms with E-state index in [1.807, 2.05) is 24.3 Å². The first-order valence-electron chi connectivity index (χ1n) is 8.37. The van der Waals surface area contributed by atoms with Crippen LogP contribution < -0.4 is 0 Å². The molecule has 2 aromatic carbocycles. The molecule has 0 radical (unpaired) electrons. The Morgan fingerprint density at radius 3 is 1.89 bits per heavy atom. The molecule has 0 heterocycles. The van der Waals surface area contributed by atoms with Crippen LogP contribution >= 0.6 is 0 Å². The number of carbonyl (C=O) groups is 4. The molecule has 27 heavy (non-hydrogen) atoms. The summed E-state index contributed by atoms with van der Waals surface area (Å²) in [5, 5.41) is 8.60. The third-order valence-corrected chi connectivity index (χ3v) is 3.76. The second-order valence-electron chi connectivity index (χ2n) is 5.62. The van der Waals surface area contributed by atoms with Crippen LogP contribution in [0.3, 0.4) is 0 Å². The van der Waals surface area contributed by atoms with Crippen LogP contribution in [-0.2, 0) is 30.3 Å². The summed E-state index contributed by atoms with van der Waals surface area (Å²) in [6.07, 6.45) is 0.614. The molecular formula is C21H22O6. The Bertz CT molecular complexity index is 768. The van der Waals surface area contributed by atoms with Crippen LogP contribution in [0, 0.1) is 0 Å². The minimum atomic E-state index is -1.36. The number of hydrogen-bond donors (Lipinski definition) is 1. The summed E-state index contributed by atoms with van der Waals surface area (Å²) < 4.78 is 4.30. The SMILES string of the molecule is CCC(C(=O)C(=O)O)c1ccccc1.COC(=O)C(=O)Cc1ccccc1. The van der Waals surface area contributed by atoms with Gasteiger partial charge in [0.2, 0.25) is 11.6 Å². The molecule has 0 aliphatic rings. The number of Topliss-reactive ketones (excluding diaryl/α,β-unsaturated/α-hetero) is 2. The lowest BCUT2D eigenvalue weighted by Gasteiger charge is -2.10. The van der Waals surface area contributed by atoms with E-state index in [1.54, 1.807) is 43.3 Å². The van der Waals surface area contributed by atoms with Crippen LogP contribution in [0.1, 0.15) is 30.4 Å². The molecule has 1 unspecified atom stereocenters. The number of carboxylic acids is 1. The van der Waals surface area contributed by atoms with E-state index in [-0.39, 0.29) is 6.42 Å². The van der Waals surface area contributed by atoms with Crippen molar-refractivity contribution in [3.05, 3.63) is 71.8 Å². The maximum Gasteiger partial charge on any atom is 0.374 e. The molecular weight excluding hydrogens is 348 g/mol. The number of esters is 1. The first kappa shape index (κ1) is 21.8. The minimum absolute atomic E-state index is 0.105. The number of rotatable bonds is 7. The van der Waals surface area contributed by atoms with Crippen LogP contribution in [0.4, 0.5) is 0 Å². The van der Waals surface area contributed by atoms with Gasteiger partial charge in [-0.15, -0.1) is 0 Å². The first-order valence-corrected chi connectivity index (χ1v) is 8.37. The highest BCUT2D eigenvalue weighted by atomic mass is 16.5. The summed E-state index contributed by atoms with van der Waals surface area (Å²) >= 11 is 0. The Morgan fingerprint density at radius 1 is 0.926 bits per heavy atom. The Morgan fingerprint density at radius 2 is 1.44 bits per heavy atom. The van der Waals surface area contributed by atoms with E-state index in [9.17, 15) is 19.2 Å². The highest BCUT2D eigenvalue weighted by Gasteiger charge is 2.24. The van der Waals surface area contributed by atoms with Gasteiger partial charge in [0.05, 0.1) is 13.0 Å². The summed E-state index contributed by atoms with van der Waals surface area (Å²) in [5.41, 5.74) is 1.58. The number of aliphatic carboxylic acids is 1. The maximum absolute atomic E-state index is 11.3. The molecule has 0 saturated carbocycles. The highest BCUT2D eigenvalue weighted by molar-refractivity contribution is 6.35. The van der Waals surface area contributed by atoms with E-state index in [0.29, 0.717) is 6.42 Å². The second kappa shape index (κ2) is 11.4. The molecule has 0 saturated heterocycles. The van der Waals surface area contributed by atoms with Gasteiger partial charge in [-0.3, -0.25) is 9.59 Å². The van der Waals surface area contributed by atoms with Crippen molar-refractivity contribution in [2.45, 2.75) is 25.7 Å². The van der Waals surface area contributed by atoms with Crippen LogP contribution in [0.5, 0.6) is 0 Å². The van der Waals surface area contributed by atoms with Crippen molar-refractivity contribution in [2.24, 2.45) is 0 Å². The zero-order valence-corrected chi connectivity index (χ0v) is 15.3. The molecule has 0 aliphatic heterocycles. The standard InChI is InChI=1S/C11H12O3.C10H10O3/c1-2-9(10(12)11(13)14)8-6-4-3-5-7-8;1-13-10(12)9(11)7-8-5-3-2-4-6-8/h3-7,9H,2H2,1H3,(H,13,14);2-6H,7H2,1H3. The fourth-order valence-corrected chi connectivity index (χ4v) is 2.37.